The first-order valence-corrected chi connectivity index (χ1v) is 13.9. The lowest BCUT2D eigenvalue weighted by Gasteiger charge is -2.30. The van der Waals surface area contributed by atoms with Crippen molar-refractivity contribution in [3.05, 3.63) is 78.1 Å². The number of fused-ring (bicyclic) bond motifs is 1. The van der Waals surface area contributed by atoms with E-state index in [0.717, 1.165) is 20.8 Å². The van der Waals surface area contributed by atoms with E-state index in [-0.39, 0.29) is 17.6 Å². The summed E-state index contributed by atoms with van der Waals surface area (Å²) in [5, 5.41) is 3.66. The van der Waals surface area contributed by atoms with Crippen LogP contribution in [0.1, 0.15) is 36.9 Å². The molecule has 2 atom stereocenters. The number of carbonyl (C=O) groups excluding carboxylic acids is 2. The zero-order chi connectivity index (χ0) is 29.0. The summed E-state index contributed by atoms with van der Waals surface area (Å²) in [4.78, 5) is 25.3. The fourth-order valence-corrected chi connectivity index (χ4v) is 5.43. The van der Waals surface area contributed by atoms with Gasteiger partial charge in [0.2, 0.25) is 0 Å². The van der Waals surface area contributed by atoms with E-state index in [9.17, 15) is 18.4 Å². The largest absolute Gasteiger partial charge is 0.493 e. The van der Waals surface area contributed by atoms with E-state index in [0.29, 0.717) is 34.9 Å². The molecule has 0 bridgehead atoms. The minimum atomic E-state index is -2.44. The molecule has 0 aliphatic heterocycles. The van der Waals surface area contributed by atoms with E-state index in [1.54, 1.807) is 56.3 Å². The molecule has 1 heterocycles. The van der Waals surface area contributed by atoms with Crippen molar-refractivity contribution in [3.8, 4) is 16.9 Å². The number of nitrogens with one attached hydrogen (secondary N) is 1. The van der Waals surface area contributed by atoms with E-state index >= 15 is 0 Å². The number of rotatable bonds is 10. The molecule has 0 radical (unpaired) electrons. The van der Waals surface area contributed by atoms with Crippen molar-refractivity contribution in [1.29, 1.82) is 0 Å². The molecule has 210 valence electrons. The molecule has 1 aromatic heterocycles. The average molecular weight is 565 g/mol. The van der Waals surface area contributed by atoms with Crippen molar-refractivity contribution in [2.24, 2.45) is 5.92 Å². The zero-order valence-corrected chi connectivity index (χ0v) is 23.8. The molecule has 40 heavy (non-hydrogen) atoms. The first kappa shape index (κ1) is 28.8. The van der Waals surface area contributed by atoms with Crippen LogP contribution < -0.4 is 14.4 Å². The van der Waals surface area contributed by atoms with Crippen molar-refractivity contribution in [3.63, 3.8) is 0 Å². The van der Waals surface area contributed by atoms with Crippen molar-refractivity contribution in [2.45, 2.75) is 33.7 Å². The van der Waals surface area contributed by atoms with E-state index in [4.69, 9.17) is 13.9 Å². The first-order valence-electron chi connectivity index (χ1n) is 12.8. The van der Waals surface area contributed by atoms with Gasteiger partial charge in [-0.25, -0.2) is 9.00 Å². The topological polar surface area (TPSA) is 118 Å². The normalized spacial score (nSPS) is 12.7. The standard InChI is InChI=1S/C30H32N2O7S/c1-6-38-24-8-7-9-25-26(24)19(4)28(39-25)29(33)31-22-14-10-20(11-15-22)21-12-16-23(17-13-21)32(40(35)36)27(18(2)3)30(34)37-5/h7-18,27H,6H2,1-5H3,(H,31,33)(H,35,36). The summed E-state index contributed by atoms with van der Waals surface area (Å²) in [5.41, 5.74) is 4.01. The molecule has 3 aromatic carbocycles. The molecule has 4 rings (SSSR count). The third kappa shape index (κ3) is 5.88. The van der Waals surface area contributed by atoms with Crippen LogP contribution in [0.3, 0.4) is 0 Å². The summed E-state index contributed by atoms with van der Waals surface area (Å²) in [6, 6.07) is 18.8. The number of esters is 1. The minimum absolute atomic E-state index is 0.222. The molecular formula is C30H32N2O7S. The number of methoxy groups -OCH3 is 1. The smallest absolute Gasteiger partial charge is 0.329 e. The molecule has 0 saturated carbocycles. The second kappa shape index (κ2) is 12.4. The Morgan fingerprint density at radius 3 is 2.20 bits per heavy atom. The number of anilines is 2. The van der Waals surface area contributed by atoms with Gasteiger partial charge in [-0.1, -0.05) is 44.2 Å². The lowest BCUT2D eigenvalue weighted by Crippen LogP contribution is -2.46. The number of aryl methyl sites for hydroxylation is 1. The van der Waals surface area contributed by atoms with Crippen LogP contribution in [0, 0.1) is 12.8 Å². The number of hydrogen-bond donors (Lipinski definition) is 2. The Morgan fingerprint density at radius 1 is 1.02 bits per heavy atom. The summed E-state index contributed by atoms with van der Waals surface area (Å²) in [7, 11) is 1.25. The molecular weight excluding hydrogens is 532 g/mol. The number of amides is 1. The Morgan fingerprint density at radius 2 is 1.65 bits per heavy atom. The molecule has 4 aromatic rings. The lowest BCUT2D eigenvalue weighted by atomic mass is 10.0. The Hall–Kier alpha value is -4.15. The molecule has 0 spiro atoms. The highest BCUT2D eigenvalue weighted by molar-refractivity contribution is 7.80. The van der Waals surface area contributed by atoms with Gasteiger partial charge in [-0.05, 0) is 67.3 Å². The Labute approximate surface area is 235 Å². The molecule has 2 N–H and O–H groups in total. The third-order valence-corrected chi connectivity index (χ3v) is 7.29. The van der Waals surface area contributed by atoms with Crippen LogP contribution in [-0.2, 0) is 20.8 Å². The van der Waals surface area contributed by atoms with Gasteiger partial charge in [0, 0.05) is 11.3 Å². The fraction of sp³-hybridized carbons (Fsp3) is 0.267. The van der Waals surface area contributed by atoms with Gasteiger partial charge in [-0.3, -0.25) is 13.7 Å². The molecule has 0 aliphatic carbocycles. The van der Waals surface area contributed by atoms with Crippen LogP contribution in [0.5, 0.6) is 5.75 Å². The molecule has 0 saturated heterocycles. The zero-order valence-electron chi connectivity index (χ0n) is 23.0. The fourth-order valence-electron chi connectivity index (χ4n) is 4.60. The second-order valence-electron chi connectivity index (χ2n) is 9.47. The molecule has 10 heteroatoms. The maximum absolute atomic E-state index is 13.0. The second-order valence-corrected chi connectivity index (χ2v) is 10.3. The van der Waals surface area contributed by atoms with Crippen molar-refractivity contribution < 1.29 is 32.2 Å². The SMILES string of the molecule is CCOc1cccc2oc(C(=O)Nc3ccc(-c4ccc(N(C(C(=O)OC)C(C)C)S(=O)O)cc4)cc3)c(C)c12. The highest BCUT2D eigenvalue weighted by atomic mass is 32.2. The number of benzene rings is 3. The van der Waals surface area contributed by atoms with Gasteiger partial charge in [-0.15, -0.1) is 0 Å². The summed E-state index contributed by atoms with van der Waals surface area (Å²) < 4.78 is 39.6. The number of carbonyl (C=O) groups is 2. The molecule has 0 aliphatic rings. The maximum Gasteiger partial charge on any atom is 0.329 e. The van der Waals surface area contributed by atoms with E-state index in [1.165, 1.54) is 7.11 Å². The predicted molar refractivity (Wildman–Crippen MR) is 156 cm³/mol. The number of furan rings is 1. The molecule has 2 unspecified atom stereocenters. The van der Waals surface area contributed by atoms with Crippen LogP contribution in [0.25, 0.3) is 22.1 Å². The summed E-state index contributed by atoms with van der Waals surface area (Å²) >= 11 is -2.44. The minimum Gasteiger partial charge on any atom is -0.493 e. The van der Waals surface area contributed by atoms with Crippen LogP contribution in [-0.4, -0.2) is 40.4 Å². The van der Waals surface area contributed by atoms with Crippen LogP contribution in [0.2, 0.25) is 0 Å². The Balaban J connectivity index is 1.52. The monoisotopic (exact) mass is 564 g/mol. The summed E-state index contributed by atoms with van der Waals surface area (Å²) in [5.74, 6) is -0.322. The highest BCUT2D eigenvalue weighted by Gasteiger charge is 2.33. The maximum atomic E-state index is 13.0. The number of ether oxygens (including phenoxy) is 2. The highest BCUT2D eigenvalue weighted by Crippen LogP contribution is 2.34. The van der Waals surface area contributed by atoms with Gasteiger partial charge >= 0.3 is 5.97 Å². The van der Waals surface area contributed by atoms with Crippen LogP contribution >= 0.6 is 0 Å². The van der Waals surface area contributed by atoms with Gasteiger partial charge < -0.3 is 19.2 Å². The van der Waals surface area contributed by atoms with Crippen molar-refractivity contribution in [2.75, 3.05) is 23.3 Å². The van der Waals surface area contributed by atoms with Gasteiger partial charge in [-0.2, -0.15) is 0 Å². The lowest BCUT2D eigenvalue weighted by molar-refractivity contribution is -0.142. The van der Waals surface area contributed by atoms with Crippen molar-refractivity contribution >= 4 is 45.5 Å². The van der Waals surface area contributed by atoms with Gasteiger partial charge in [0.05, 0.1) is 24.8 Å². The quantitative estimate of drug-likeness (QED) is 0.174. The Bertz CT molecular complexity index is 1530. The first-order chi connectivity index (χ1) is 19.2. The van der Waals surface area contributed by atoms with Gasteiger partial charge in [0.25, 0.3) is 17.2 Å². The average Bonchev–Trinajstić information content (AvgIpc) is 3.29. The number of nitrogens with zero attached hydrogens (tertiary/aromatic N) is 1. The van der Waals surface area contributed by atoms with E-state index in [2.05, 4.69) is 5.32 Å². The van der Waals surface area contributed by atoms with Crippen LogP contribution in [0.15, 0.2) is 71.1 Å². The van der Waals surface area contributed by atoms with Gasteiger partial charge in [0.15, 0.2) is 5.76 Å². The summed E-state index contributed by atoms with van der Waals surface area (Å²) in [6.07, 6.45) is 0. The molecule has 9 nitrogen and oxygen atoms in total. The summed E-state index contributed by atoms with van der Waals surface area (Å²) in [6.45, 7) is 7.80. The van der Waals surface area contributed by atoms with Crippen molar-refractivity contribution in [1.82, 2.24) is 0 Å². The van der Waals surface area contributed by atoms with E-state index in [1.807, 2.05) is 38.1 Å². The van der Waals surface area contributed by atoms with Gasteiger partial charge in [0.1, 0.15) is 17.4 Å². The molecule has 0 fully saturated rings. The Kier molecular flexibility index (Phi) is 8.91. The van der Waals surface area contributed by atoms with E-state index < -0.39 is 23.3 Å². The number of hydrogen-bond acceptors (Lipinski definition) is 6. The predicted octanol–water partition coefficient (Wildman–Crippen LogP) is 6.20. The van der Waals surface area contributed by atoms with Crippen LogP contribution in [0.4, 0.5) is 11.4 Å². The third-order valence-electron chi connectivity index (χ3n) is 6.51. The molecule has 1 amide bonds.